The summed E-state index contributed by atoms with van der Waals surface area (Å²) in [4.78, 5) is 12.1. The molecule has 1 atom stereocenters. The number of carboxylic acid groups (broad SMARTS) is 1. The van der Waals surface area contributed by atoms with Crippen molar-refractivity contribution >= 4 is 28.6 Å². The molecule has 0 aliphatic heterocycles. The number of hydrogen-bond acceptors (Lipinski definition) is 4. The minimum absolute atomic E-state index is 0.371. The van der Waals surface area contributed by atoms with Crippen LogP contribution in [0.5, 0.6) is 5.75 Å². The summed E-state index contributed by atoms with van der Waals surface area (Å²) in [5.74, 6) is 0.160. The van der Waals surface area contributed by atoms with Gasteiger partial charge < -0.3 is 9.84 Å². The van der Waals surface area contributed by atoms with Gasteiger partial charge in [-0.2, -0.15) is 18.3 Å². The zero-order valence-corrected chi connectivity index (χ0v) is 18.9. The van der Waals surface area contributed by atoms with E-state index >= 15 is 0 Å². The number of rotatable bonds is 8. The molecule has 1 unspecified atom stereocenters. The molecule has 0 bridgehead atoms. The number of halogens is 3. The number of alkyl halides is 3. The average Bonchev–Trinajstić information content (AvgIpc) is 3.26. The molecule has 1 heterocycles. The lowest BCUT2D eigenvalue weighted by Crippen LogP contribution is -2.25. The first kappa shape index (κ1) is 23.7. The van der Waals surface area contributed by atoms with Crippen molar-refractivity contribution in [3.05, 3.63) is 84.1 Å². The number of benzene rings is 3. The fraction of sp³-hybridized carbons (Fsp3) is 0.200. The molecule has 176 valence electrons. The van der Waals surface area contributed by atoms with Crippen molar-refractivity contribution in [1.29, 1.82) is 0 Å². The highest BCUT2D eigenvalue weighted by molar-refractivity contribution is 7.98. The number of hydrogen-bond donors (Lipinski definition) is 1. The molecule has 4 aromatic rings. The third-order valence-corrected chi connectivity index (χ3v) is 6.30. The van der Waals surface area contributed by atoms with Crippen LogP contribution in [-0.4, -0.2) is 27.0 Å². The second kappa shape index (κ2) is 9.80. The monoisotopic (exact) mass is 486 g/mol. The van der Waals surface area contributed by atoms with E-state index in [9.17, 15) is 18.0 Å². The molecule has 0 amide bonds. The Labute approximate surface area is 198 Å². The summed E-state index contributed by atoms with van der Waals surface area (Å²) in [6.07, 6.45) is -3.06. The van der Waals surface area contributed by atoms with E-state index in [-0.39, 0.29) is 0 Å². The van der Waals surface area contributed by atoms with Crippen LogP contribution in [0, 0.1) is 0 Å². The first-order valence-electron chi connectivity index (χ1n) is 10.5. The SMILES string of the molecule is CCC(Oc1ccc(SCc2cccc3nn(-c4ccc(C(F)(F)F)cc4)cc23)cc1)C(=O)O. The van der Waals surface area contributed by atoms with Gasteiger partial charge in [0.15, 0.2) is 6.10 Å². The molecule has 0 saturated heterocycles. The van der Waals surface area contributed by atoms with Crippen molar-refractivity contribution in [2.24, 2.45) is 0 Å². The van der Waals surface area contributed by atoms with Crippen LogP contribution in [0.25, 0.3) is 16.6 Å². The predicted octanol–water partition coefficient (Wildman–Crippen LogP) is 6.58. The van der Waals surface area contributed by atoms with Crippen LogP contribution in [-0.2, 0) is 16.7 Å². The van der Waals surface area contributed by atoms with Crippen molar-refractivity contribution in [3.8, 4) is 11.4 Å². The highest BCUT2D eigenvalue weighted by Gasteiger charge is 2.30. The number of nitrogens with zero attached hydrogens (tertiary/aromatic N) is 2. The van der Waals surface area contributed by atoms with Gasteiger partial charge in [0.2, 0.25) is 0 Å². The second-order valence-corrected chi connectivity index (χ2v) is 8.63. The number of carbonyl (C=O) groups is 1. The van der Waals surface area contributed by atoms with Crippen LogP contribution in [0.2, 0.25) is 0 Å². The fourth-order valence-electron chi connectivity index (χ4n) is 3.41. The number of carboxylic acids is 1. The summed E-state index contributed by atoms with van der Waals surface area (Å²) in [6, 6.07) is 17.9. The van der Waals surface area contributed by atoms with Crippen LogP contribution in [0.1, 0.15) is 24.5 Å². The van der Waals surface area contributed by atoms with Crippen LogP contribution < -0.4 is 4.74 Å². The van der Waals surface area contributed by atoms with Crippen LogP contribution >= 0.6 is 11.8 Å². The van der Waals surface area contributed by atoms with E-state index in [2.05, 4.69) is 5.10 Å². The molecular weight excluding hydrogens is 465 g/mol. The topological polar surface area (TPSA) is 64.4 Å². The van der Waals surface area contributed by atoms with Gasteiger partial charge in [-0.15, -0.1) is 11.8 Å². The number of ether oxygens (including phenoxy) is 1. The maximum atomic E-state index is 12.8. The van der Waals surface area contributed by atoms with Crippen LogP contribution in [0.3, 0.4) is 0 Å². The van der Waals surface area contributed by atoms with Gasteiger partial charge in [0.05, 0.1) is 16.8 Å². The van der Waals surface area contributed by atoms with Gasteiger partial charge in [-0.25, -0.2) is 9.48 Å². The second-order valence-electron chi connectivity index (χ2n) is 7.58. The molecule has 1 aromatic heterocycles. The van der Waals surface area contributed by atoms with E-state index in [0.717, 1.165) is 33.5 Å². The Hall–Kier alpha value is -3.46. The summed E-state index contributed by atoms with van der Waals surface area (Å²) in [7, 11) is 0. The number of fused-ring (bicyclic) bond motifs is 1. The maximum Gasteiger partial charge on any atom is 0.416 e. The zero-order valence-electron chi connectivity index (χ0n) is 18.1. The zero-order chi connectivity index (χ0) is 24.3. The van der Waals surface area contributed by atoms with Crippen LogP contribution in [0.4, 0.5) is 13.2 Å². The number of aromatic nitrogens is 2. The summed E-state index contributed by atoms with van der Waals surface area (Å²) >= 11 is 1.60. The molecule has 4 rings (SSSR count). The first-order chi connectivity index (χ1) is 16.2. The van der Waals surface area contributed by atoms with E-state index in [1.165, 1.54) is 12.1 Å². The smallest absolute Gasteiger partial charge is 0.416 e. The molecule has 0 fully saturated rings. The van der Waals surface area contributed by atoms with Crippen LogP contribution in [0.15, 0.2) is 77.8 Å². The van der Waals surface area contributed by atoms with Crippen molar-refractivity contribution in [2.75, 3.05) is 0 Å². The lowest BCUT2D eigenvalue weighted by Gasteiger charge is -2.13. The van der Waals surface area contributed by atoms with E-state index < -0.39 is 23.8 Å². The minimum atomic E-state index is -4.38. The van der Waals surface area contributed by atoms with Gasteiger partial charge in [-0.1, -0.05) is 19.1 Å². The predicted molar refractivity (Wildman–Crippen MR) is 124 cm³/mol. The first-order valence-corrected chi connectivity index (χ1v) is 11.5. The number of thioether (sulfide) groups is 1. The molecular formula is C25H21F3N2O3S. The fourth-order valence-corrected chi connectivity index (χ4v) is 4.31. The van der Waals surface area contributed by atoms with Gasteiger partial charge in [0.25, 0.3) is 0 Å². The molecule has 1 N–H and O–H groups in total. The third-order valence-electron chi connectivity index (χ3n) is 5.24. The summed E-state index contributed by atoms with van der Waals surface area (Å²) < 4.78 is 45.6. The minimum Gasteiger partial charge on any atom is -0.479 e. The van der Waals surface area contributed by atoms with Gasteiger partial charge >= 0.3 is 12.1 Å². The van der Waals surface area contributed by atoms with Crippen molar-refractivity contribution < 1.29 is 27.8 Å². The highest BCUT2D eigenvalue weighted by Crippen LogP contribution is 2.31. The molecule has 0 spiro atoms. The molecule has 9 heteroatoms. The molecule has 5 nitrogen and oxygen atoms in total. The molecule has 34 heavy (non-hydrogen) atoms. The van der Waals surface area contributed by atoms with Gasteiger partial charge in [0.1, 0.15) is 5.75 Å². The summed E-state index contributed by atoms with van der Waals surface area (Å²) in [5.41, 5.74) is 1.64. The van der Waals surface area contributed by atoms with Crippen molar-refractivity contribution in [3.63, 3.8) is 0 Å². The van der Waals surface area contributed by atoms with Crippen molar-refractivity contribution in [2.45, 2.75) is 36.3 Å². The van der Waals surface area contributed by atoms with Gasteiger partial charge in [-0.3, -0.25) is 0 Å². The Morgan fingerprint density at radius 3 is 2.41 bits per heavy atom. The largest absolute Gasteiger partial charge is 0.479 e. The quantitative estimate of drug-likeness (QED) is 0.285. The van der Waals surface area contributed by atoms with Gasteiger partial charge in [-0.05, 0) is 66.6 Å². The van der Waals surface area contributed by atoms with Crippen molar-refractivity contribution in [1.82, 2.24) is 9.78 Å². The van der Waals surface area contributed by atoms with E-state index in [1.807, 2.05) is 36.5 Å². The third kappa shape index (κ3) is 5.36. The van der Waals surface area contributed by atoms with E-state index in [4.69, 9.17) is 9.84 Å². The molecule has 0 aliphatic carbocycles. The molecule has 0 aliphatic rings. The lowest BCUT2D eigenvalue weighted by molar-refractivity contribution is -0.145. The van der Waals surface area contributed by atoms with E-state index in [1.54, 1.807) is 35.5 Å². The molecule has 0 radical (unpaired) electrons. The standard InChI is InChI=1S/C25H21F3N2O3S/c1-2-23(24(31)32)33-19-10-12-20(13-11-19)34-15-16-4-3-5-22-21(16)14-30(29-22)18-8-6-17(7-9-18)25(26,27)28/h3-14,23H,2,15H2,1H3,(H,31,32). The normalized spacial score (nSPS) is 12.6. The molecule has 3 aromatic carbocycles. The van der Waals surface area contributed by atoms with Gasteiger partial charge in [0, 0.05) is 22.2 Å². The Balaban J connectivity index is 1.48. The number of aliphatic carboxylic acids is 1. The molecule has 0 saturated carbocycles. The Morgan fingerprint density at radius 2 is 1.79 bits per heavy atom. The highest BCUT2D eigenvalue weighted by atomic mass is 32.2. The lowest BCUT2D eigenvalue weighted by atomic mass is 10.1. The average molecular weight is 487 g/mol. The Bertz CT molecular complexity index is 1290. The summed E-state index contributed by atoms with van der Waals surface area (Å²) in [6.45, 7) is 1.75. The maximum absolute atomic E-state index is 12.8. The Morgan fingerprint density at radius 1 is 1.09 bits per heavy atom. The summed E-state index contributed by atoms with van der Waals surface area (Å²) in [5, 5.41) is 14.6. The Kier molecular flexibility index (Phi) is 6.83. The van der Waals surface area contributed by atoms with E-state index in [0.29, 0.717) is 23.6 Å².